The van der Waals surface area contributed by atoms with Crippen molar-refractivity contribution in [1.82, 2.24) is 15.4 Å². The van der Waals surface area contributed by atoms with Gasteiger partial charge < -0.3 is 0 Å². The number of hydrogen-bond donors (Lipinski definition) is 1. The SMILES string of the molecule is O=C(c1cn[nH]n1)C1CCC1. The lowest BCUT2D eigenvalue weighted by atomic mass is 9.81. The number of aromatic amines is 1. The van der Waals surface area contributed by atoms with Crippen molar-refractivity contribution in [1.29, 1.82) is 0 Å². The molecule has 1 saturated carbocycles. The molecule has 2 rings (SSSR count). The second-order valence-electron chi connectivity index (χ2n) is 2.85. The summed E-state index contributed by atoms with van der Waals surface area (Å²) in [5.74, 6) is 0.366. The maximum absolute atomic E-state index is 11.4. The molecule has 1 N–H and O–H groups in total. The van der Waals surface area contributed by atoms with Crippen LogP contribution in [-0.2, 0) is 0 Å². The van der Waals surface area contributed by atoms with Crippen LogP contribution in [-0.4, -0.2) is 21.2 Å². The van der Waals surface area contributed by atoms with Gasteiger partial charge in [0.25, 0.3) is 0 Å². The first-order chi connectivity index (χ1) is 5.38. The zero-order valence-corrected chi connectivity index (χ0v) is 6.08. The lowest BCUT2D eigenvalue weighted by Gasteiger charge is -2.22. The van der Waals surface area contributed by atoms with Crippen LogP contribution in [0.4, 0.5) is 0 Å². The topological polar surface area (TPSA) is 58.6 Å². The van der Waals surface area contributed by atoms with Gasteiger partial charge in [0.2, 0.25) is 0 Å². The first-order valence-corrected chi connectivity index (χ1v) is 3.78. The van der Waals surface area contributed by atoms with E-state index in [0.717, 1.165) is 12.8 Å². The molecule has 4 nitrogen and oxygen atoms in total. The van der Waals surface area contributed by atoms with Crippen LogP contribution in [0.1, 0.15) is 29.8 Å². The van der Waals surface area contributed by atoms with Gasteiger partial charge in [-0.1, -0.05) is 6.42 Å². The van der Waals surface area contributed by atoms with Crippen molar-refractivity contribution >= 4 is 5.78 Å². The number of Topliss-reactive ketones (excluding diaryl/α,β-unsaturated/α-hetero) is 1. The fourth-order valence-electron chi connectivity index (χ4n) is 1.20. The molecule has 1 aromatic heterocycles. The second kappa shape index (κ2) is 2.45. The van der Waals surface area contributed by atoms with E-state index >= 15 is 0 Å². The zero-order valence-electron chi connectivity index (χ0n) is 6.08. The predicted octanol–water partition coefficient (Wildman–Crippen LogP) is 0.788. The molecular weight excluding hydrogens is 142 g/mol. The Bertz CT molecular complexity index is 251. The van der Waals surface area contributed by atoms with Gasteiger partial charge in [-0.2, -0.15) is 15.4 Å². The van der Waals surface area contributed by atoms with Gasteiger partial charge in [-0.05, 0) is 12.8 Å². The number of rotatable bonds is 2. The van der Waals surface area contributed by atoms with E-state index in [-0.39, 0.29) is 11.7 Å². The predicted molar refractivity (Wildman–Crippen MR) is 38.1 cm³/mol. The fourth-order valence-corrected chi connectivity index (χ4v) is 1.20. The van der Waals surface area contributed by atoms with Crippen LogP contribution in [0.2, 0.25) is 0 Å². The normalized spacial score (nSPS) is 17.8. The number of hydrogen-bond acceptors (Lipinski definition) is 3. The molecule has 1 aromatic rings. The van der Waals surface area contributed by atoms with Gasteiger partial charge in [-0.25, -0.2) is 0 Å². The van der Waals surface area contributed by atoms with Gasteiger partial charge in [-0.3, -0.25) is 4.79 Å². The minimum atomic E-state index is 0.144. The molecular formula is C7H9N3O. The van der Waals surface area contributed by atoms with Crippen LogP contribution in [0.3, 0.4) is 0 Å². The maximum Gasteiger partial charge on any atom is 0.187 e. The quantitative estimate of drug-likeness (QED) is 0.635. The van der Waals surface area contributed by atoms with Crippen LogP contribution >= 0.6 is 0 Å². The van der Waals surface area contributed by atoms with E-state index in [2.05, 4.69) is 15.4 Å². The highest BCUT2D eigenvalue weighted by molar-refractivity contribution is 5.96. The van der Waals surface area contributed by atoms with E-state index in [1.807, 2.05) is 0 Å². The highest BCUT2D eigenvalue weighted by Gasteiger charge is 2.27. The van der Waals surface area contributed by atoms with Crippen LogP contribution in [0, 0.1) is 5.92 Å². The standard InChI is InChI=1S/C7H9N3O/c11-7(5-2-1-3-5)6-4-8-10-9-6/h4-5H,1-3H2,(H,8,9,10). The number of aromatic nitrogens is 3. The van der Waals surface area contributed by atoms with E-state index in [1.165, 1.54) is 12.6 Å². The first-order valence-electron chi connectivity index (χ1n) is 3.78. The fraction of sp³-hybridized carbons (Fsp3) is 0.571. The van der Waals surface area contributed by atoms with Crippen LogP contribution in [0.15, 0.2) is 6.20 Å². The molecule has 58 valence electrons. The minimum Gasteiger partial charge on any atom is -0.292 e. The van der Waals surface area contributed by atoms with Crippen LogP contribution < -0.4 is 0 Å². The van der Waals surface area contributed by atoms with Crippen molar-refractivity contribution in [3.8, 4) is 0 Å². The lowest BCUT2D eigenvalue weighted by Crippen LogP contribution is -2.22. The number of carbonyl (C=O) groups is 1. The van der Waals surface area contributed by atoms with Crippen molar-refractivity contribution < 1.29 is 4.79 Å². The van der Waals surface area contributed by atoms with Gasteiger partial charge in [0.1, 0.15) is 5.69 Å². The van der Waals surface area contributed by atoms with Gasteiger partial charge in [0.05, 0.1) is 6.20 Å². The molecule has 11 heavy (non-hydrogen) atoms. The monoisotopic (exact) mass is 151 g/mol. The van der Waals surface area contributed by atoms with Crippen molar-refractivity contribution in [2.75, 3.05) is 0 Å². The van der Waals surface area contributed by atoms with E-state index in [0.29, 0.717) is 5.69 Å². The largest absolute Gasteiger partial charge is 0.292 e. The summed E-state index contributed by atoms with van der Waals surface area (Å²) in [7, 11) is 0. The number of carbonyl (C=O) groups excluding carboxylic acids is 1. The van der Waals surface area contributed by atoms with Gasteiger partial charge >= 0.3 is 0 Å². The molecule has 0 spiro atoms. The van der Waals surface area contributed by atoms with Crippen molar-refractivity contribution in [3.63, 3.8) is 0 Å². The summed E-state index contributed by atoms with van der Waals surface area (Å²) in [6.07, 6.45) is 4.70. The molecule has 1 aliphatic rings. The lowest BCUT2D eigenvalue weighted by molar-refractivity contribution is 0.0850. The summed E-state index contributed by atoms with van der Waals surface area (Å²) in [5, 5.41) is 9.75. The van der Waals surface area contributed by atoms with E-state index in [1.54, 1.807) is 0 Å². The van der Waals surface area contributed by atoms with E-state index in [9.17, 15) is 4.79 Å². The molecule has 0 unspecified atom stereocenters. The maximum atomic E-state index is 11.4. The third kappa shape index (κ3) is 1.04. The molecule has 4 heteroatoms. The van der Waals surface area contributed by atoms with Crippen molar-refractivity contribution in [2.24, 2.45) is 5.92 Å². The van der Waals surface area contributed by atoms with E-state index in [4.69, 9.17) is 0 Å². The van der Waals surface area contributed by atoms with Crippen molar-refractivity contribution in [3.05, 3.63) is 11.9 Å². The third-order valence-corrected chi connectivity index (χ3v) is 2.14. The van der Waals surface area contributed by atoms with E-state index < -0.39 is 0 Å². The Balaban J connectivity index is 2.10. The average Bonchev–Trinajstić information content (AvgIpc) is 2.32. The molecule has 0 saturated heterocycles. The Kier molecular flexibility index (Phi) is 1.45. The Morgan fingerprint density at radius 3 is 2.91 bits per heavy atom. The molecule has 0 aliphatic heterocycles. The third-order valence-electron chi connectivity index (χ3n) is 2.14. The first kappa shape index (κ1) is 6.52. The Morgan fingerprint density at radius 2 is 2.45 bits per heavy atom. The Labute approximate surface area is 64.0 Å². The minimum absolute atomic E-state index is 0.144. The summed E-state index contributed by atoms with van der Waals surface area (Å²) in [6.45, 7) is 0. The zero-order chi connectivity index (χ0) is 7.68. The Morgan fingerprint density at radius 1 is 1.64 bits per heavy atom. The molecule has 0 amide bonds. The molecule has 0 aromatic carbocycles. The highest BCUT2D eigenvalue weighted by atomic mass is 16.1. The molecule has 1 aliphatic carbocycles. The van der Waals surface area contributed by atoms with Gasteiger partial charge in [-0.15, -0.1) is 0 Å². The summed E-state index contributed by atoms with van der Waals surface area (Å²) in [5.41, 5.74) is 0.481. The molecule has 1 fully saturated rings. The smallest absolute Gasteiger partial charge is 0.187 e. The number of nitrogens with zero attached hydrogens (tertiary/aromatic N) is 2. The van der Waals surface area contributed by atoms with Gasteiger partial charge in [0.15, 0.2) is 5.78 Å². The molecule has 1 heterocycles. The number of nitrogens with one attached hydrogen (secondary N) is 1. The summed E-state index contributed by atoms with van der Waals surface area (Å²) in [4.78, 5) is 11.4. The number of ketones is 1. The summed E-state index contributed by atoms with van der Waals surface area (Å²) in [6, 6.07) is 0. The molecule has 0 radical (unpaired) electrons. The summed E-state index contributed by atoms with van der Waals surface area (Å²) < 4.78 is 0. The highest BCUT2D eigenvalue weighted by Crippen LogP contribution is 2.28. The molecule has 0 atom stereocenters. The number of H-pyrrole nitrogens is 1. The van der Waals surface area contributed by atoms with Gasteiger partial charge in [0, 0.05) is 5.92 Å². The Hall–Kier alpha value is -1.19. The average molecular weight is 151 g/mol. The van der Waals surface area contributed by atoms with Crippen LogP contribution in [0.25, 0.3) is 0 Å². The molecule has 0 bridgehead atoms. The second-order valence-corrected chi connectivity index (χ2v) is 2.85. The van der Waals surface area contributed by atoms with Crippen molar-refractivity contribution in [2.45, 2.75) is 19.3 Å². The summed E-state index contributed by atoms with van der Waals surface area (Å²) >= 11 is 0. The van der Waals surface area contributed by atoms with Crippen LogP contribution in [0.5, 0.6) is 0 Å².